The van der Waals surface area contributed by atoms with Gasteiger partial charge < -0.3 is 5.11 Å². The van der Waals surface area contributed by atoms with Gasteiger partial charge in [0.2, 0.25) is 0 Å². The van der Waals surface area contributed by atoms with Crippen molar-refractivity contribution < 1.29 is 5.11 Å². The van der Waals surface area contributed by atoms with E-state index in [1.807, 2.05) is 30.3 Å². The van der Waals surface area contributed by atoms with Crippen LogP contribution in [0.25, 0.3) is 0 Å². The molecule has 1 unspecified atom stereocenters. The van der Waals surface area contributed by atoms with Gasteiger partial charge in [0.15, 0.2) is 4.33 Å². The molecular weight excluding hydrogens is 231 g/mol. The van der Waals surface area contributed by atoms with E-state index in [9.17, 15) is 5.11 Å². The number of aliphatic hydroxyl groups is 1. The molecule has 0 saturated carbocycles. The van der Waals surface area contributed by atoms with Crippen LogP contribution >= 0.6 is 23.2 Å². The predicted octanol–water partition coefficient (Wildman–Crippen LogP) is 3.87. The molecule has 1 rings (SSSR count). The van der Waals surface area contributed by atoms with Gasteiger partial charge in [-0.15, -0.1) is 0 Å². The van der Waals surface area contributed by atoms with Gasteiger partial charge in [-0.1, -0.05) is 73.3 Å². The normalized spacial score (nSPS) is 13.9. The summed E-state index contributed by atoms with van der Waals surface area (Å²) in [5.41, 5.74) is 0.747. The summed E-state index contributed by atoms with van der Waals surface area (Å²) in [5.74, 6) is 0. The average molecular weight is 247 g/mol. The van der Waals surface area contributed by atoms with Gasteiger partial charge in [0.1, 0.15) is 0 Å². The summed E-state index contributed by atoms with van der Waals surface area (Å²) in [5, 5.41) is 9.90. The predicted molar refractivity (Wildman–Crippen MR) is 65.4 cm³/mol. The van der Waals surface area contributed by atoms with E-state index >= 15 is 0 Å². The lowest BCUT2D eigenvalue weighted by molar-refractivity contribution is 0.142. The van der Waals surface area contributed by atoms with Gasteiger partial charge in [-0.05, 0) is 12.0 Å². The Labute approximate surface area is 101 Å². The van der Waals surface area contributed by atoms with E-state index in [0.29, 0.717) is 6.42 Å². The Bertz CT molecular complexity index is 285. The molecule has 0 bridgehead atoms. The van der Waals surface area contributed by atoms with E-state index in [1.54, 1.807) is 0 Å². The van der Waals surface area contributed by atoms with E-state index in [4.69, 9.17) is 23.2 Å². The standard InChI is InChI=1S/C12H16Cl2O/c1-2-3-9-11(15)12(13,14)10-7-5-4-6-8-10/h4-8,11,15H,2-3,9H2,1H3. The summed E-state index contributed by atoms with van der Waals surface area (Å²) in [6.07, 6.45) is 1.85. The van der Waals surface area contributed by atoms with Gasteiger partial charge >= 0.3 is 0 Å². The lowest BCUT2D eigenvalue weighted by Gasteiger charge is -2.26. The molecule has 15 heavy (non-hydrogen) atoms. The first-order valence-electron chi connectivity index (χ1n) is 5.20. The highest BCUT2D eigenvalue weighted by Gasteiger charge is 2.34. The third-order valence-electron chi connectivity index (χ3n) is 2.41. The minimum atomic E-state index is -1.20. The molecule has 0 saturated heterocycles. The Morgan fingerprint density at radius 3 is 2.40 bits per heavy atom. The van der Waals surface area contributed by atoms with E-state index in [-0.39, 0.29) is 0 Å². The van der Waals surface area contributed by atoms with E-state index in [0.717, 1.165) is 18.4 Å². The third-order valence-corrected chi connectivity index (χ3v) is 3.35. The van der Waals surface area contributed by atoms with Crippen LogP contribution in [0.15, 0.2) is 30.3 Å². The Morgan fingerprint density at radius 1 is 1.27 bits per heavy atom. The molecule has 0 spiro atoms. The van der Waals surface area contributed by atoms with Gasteiger partial charge in [0, 0.05) is 0 Å². The quantitative estimate of drug-likeness (QED) is 0.783. The van der Waals surface area contributed by atoms with Crippen LogP contribution in [0.1, 0.15) is 31.7 Å². The molecule has 3 heteroatoms. The van der Waals surface area contributed by atoms with Crippen molar-refractivity contribution in [3.05, 3.63) is 35.9 Å². The van der Waals surface area contributed by atoms with Crippen LogP contribution in [0.4, 0.5) is 0 Å². The molecule has 1 aromatic rings. The van der Waals surface area contributed by atoms with E-state index < -0.39 is 10.4 Å². The zero-order valence-electron chi connectivity index (χ0n) is 8.79. The van der Waals surface area contributed by atoms with Crippen molar-refractivity contribution >= 4 is 23.2 Å². The number of halogens is 2. The maximum absolute atomic E-state index is 9.90. The Balaban J connectivity index is 2.73. The number of aliphatic hydroxyl groups excluding tert-OH is 1. The number of unbranched alkanes of at least 4 members (excludes halogenated alkanes) is 1. The second-order valence-corrected chi connectivity index (χ2v) is 5.03. The molecule has 0 aromatic heterocycles. The van der Waals surface area contributed by atoms with Crippen LogP contribution in [0, 0.1) is 0 Å². The summed E-state index contributed by atoms with van der Waals surface area (Å²) in [6.45, 7) is 2.07. The van der Waals surface area contributed by atoms with Gasteiger partial charge in [-0.2, -0.15) is 0 Å². The molecule has 0 fully saturated rings. The van der Waals surface area contributed by atoms with Crippen molar-refractivity contribution in [2.75, 3.05) is 0 Å². The van der Waals surface area contributed by atoms with Gasteiger partial charge in [0.05, 0.1) is 6.10 Å². The SMILES string of the molecule is CCCCC(O)C(Cl)(Cl)c1ccccc1. The number of benzene rings is 1. The first-order chi connectivity index (χ1) is 7.09. The fourth-order valence-electron chi connectivity index (χ4n) is 1.43. The molecule has 0 radical (unpaired) electrons. The molecule has 1 nitrogen and oxygen atoms in total. The van der Waals surface area contributed by atoms with E-state index in [2.05, 4.69) is 6.92 Å². The molecule has 1 aromatic carbocycles. The highest BCUT2D eigenvalue weighted by Crippen LogP contribution is 2.38. The van der Waals surface area contributed by atoms with Gasteiger partial charge in [-0.3, -0.25) is 0 Å². The maximum atomic E-state index is 9.90. The highest BCUT2D eigenvalue weighted by molar-refractivity contribution is 6.48. The van der Waals surface area contributed by atoms with Crippen molar-refractivity contribution in [3.63, 3.8) is 0 Å². The zero-order valence-corrected chi connectivity index (χ0v) is 10.3. The number of hydrogen-bond acceptors (Lipinski definition) is 1. The molecule has 0 aliphatic carbocycles. The van der Waals surface area contributed by atoms with Crippen LogP contribution in [0.3, 0.4) is 0 Å². The maximum Gasteiger partial charge on any atom is 0.168 e. The fraction of sp³-hybridized carbons (Fsp3) is 0.500. The summed E-state index contributed by atoms with van der Waals surface area (Å²) in [6, 6.07) is 9.28. The van der Waals surface area contributed by atoms with Crippen molar-refractivity contribution in [1.82, 2.24) is 0 Å². The lowest BCUT2D eigenvalue weighted by Crippen LogP contribution is -2.28. The lowest BCUT2D eigenvalue weighted by atomic mass is 10.0. The van der Waals surface area contributed by atoms with Crippen molar-refractivity contribution in [1.29, 1.82) is 0 Å². The average Bonchev–Trinajstić information content (AvgIpc) is 2.27. The highest BCUT2D eigenvalue weighted by atomic mass is 35.5. The number of alkyl halides is 2. The molecule has 0 aliphatic heterocycles. The smallest absolute Gasteiger partial charge is 0.168 e. The largest absolute Gasteiger partial charge is 0.390 e. The fourth-order valence-corrected chi connectivity index (χ4v) is 1.90. The second-order valence-electron chi connectivity index (χ2n) is 3.65. The Hall–Kier alpha value is -0.240. The zero-order chi connectivity index (χ0) is 11.3. The second kappa shape index (κ2) is 5.74. The Morgan fingerprint density at radius 2 is 1.87 bits per heavy atom. The van der Waals surface area contributed by atoms with Crippen LogP contribution in [0.5, 0.6) is 0 Å². The first-order valence-corrected chi connectivity index (χ1v) is 5.96. The minimum Gasteiger partial charge on any atom is -0.390 e. The van der Waals surface area contributed by atoms with Gasteiger partial charge in [0.25, 0.3) is 0 Å². The van der Waals surface area contributed by atoms with Crippen molar-refractivity contribution in [2.45, 2.75) is 36.6 Å². The summed E-state index contributed by atoms with van der Waals surface area (Å²) in [4.78, 5) is 0. The number of hydrogen-bond donors (Lipinski definition) is 1. The van der Waals surface area contributed by atoms with Crippen molar-refractivity contribution in [2.24, 2.45) is 0 Å². The topological polar surface area (TPSA) is 20.2 Å². The van der Waals surface area contributed by atoms with Crippen LogP contribution in [-0.4, -0.2) is 11.2 Å². The molecule has 0 heterocycles. The van der Waals surface area contributed by atoms with E-state index in [1.165, 1.54) is 0 Å². The van der Waals surface area contributed by atoms with Crippen molar-refractivity contribution in [3.8, 4) is 0 Å². The molecule has 0 amide bonds. The molecule has 84 valence electrons. The molecular formula is C12H16Cl2O. The Kier molecular flexibility index (Phi) is 4.91. The van der Waals surface area contributed by atoms with Crippen LogP contribution in [-0.2, 0) is 4.33 Å². The number of rotatable bonds is 5. The molecule has 0 aliphatic rings. The minimum absolute atomic E-state index is 0.623. The summed E-state index contributed by atoms with van der Waals surface area (Å²) < 4.78 is -1.20. The first kappa shape index (κ1) is 12.8. The summed E-state index contributed by atoms with van der Waals surface area (Å²) >= 11 is 12.3. The monoisotopic (exact) mass is 246 g/mol. The van der Waals surface area contributed by atoms with Crippen LogP contribution in [0.2, 0.25) is 0 Å². The van der Waals surface area contributed by atoms with Crippen LogP contribution < -0.4 is 0 Å². The summed E-state index contributed by atoms with van der Waals surface area (Å²) in [7, 11) is 0. The molecule has 1 atom stereocenters. The van der Waals surface area contributed by atoms with Gasteiger partial charge in [-0.25, -0.2) is 0 Å². The third kappa shape index (κ3) is 3.37. The molecule has 1 N–H and O–H groups in total.